The van der Waals surface area contributed by atoms with Crippen LogP contribution in [0.1, 0.15) is 0 Å². The average molecular weight is 136 g/mol. The zero-order valence-electron chi connectivity index (χ0n) is 2.83. The van der Waals surface area contributed by atoms with Crippen molar-refractivity contribution in [1.82, 2.24) is 0 Å². The summed E-state index contributed by atoms with van der Waals surface area (Å²) < 4.78 is 43.2. The van der Waals surface area contributed by atoms with E-state index >= 15 is 0 Å². The third kappa shape index (κ3) is 6.00. The number of hydrogen-bond donors (Lipinski definition) is 0. The maximum Gasteiger partial charge on any atom is 0.575 e. The summed E-state index contributed by atoms with van der Waals surface area (Å²) in [5.74, 6) is 0. The van der Waals surface area contributed by atoms with Gasteiger partial charge in [0.25, 0.3) is 0 Å². The maximum atomic E-state index is 10.6. The fourth-order valence-corrected chi connectivity index (χ4v) is 0.107. The molecular weight excluding hydrogens is 136 g/mol. The molecule has 6 heteroatoms. The highest BCUT2D eigenvalue weighted by molar-refractivity contribution is 4.10. The van der Waals surface area contributed by atoms with E-state index in [1.807, 2.05) is 0 Å². The molecule has 0 amide bonds. The molecule has 0 aromatic rings. The first-order chi connectivity index (χ1) is 3.06. The SMILES string of the molecule is [O-][Cl+]OC(F)(F)F. The Morgan fingerprint density at radius 1 is 1.43 bits per heavy atom. The molecule has 0 rings (SSSR count). The van der Waals surface area contributed by atoms with E-state index < -0.39 is 17.7 Å². The molecule has 0 aliphatic carbocycles. The van der Waals surface area contributed by atoms with E-state index in [1.54, 1.807) is 0 Å². The van der Waals surface area contributed by atoms with E-state index in [4.69, 9.17) is 4.66 Å². The van der Waals surface area contributed by atoms with Crippen LogP contribution in [0, 0.1) is 11.3 Å². The van der Waals surface area contributed by atoms with Crippen molar-refractivity contribution in [3.05, 3.63) is 0 Å². The van der Waals surface area contributed by atoms with Gasteiger partial charge in [-0.15, -0.1) is 13.2 Å². The smallest absolute Gasteiger partial charge is 0.506 e. The fraction of sp³-hybridized carbons (Fsp3) is 1.00. The van der Waals surface area contributed by atoms with Gasteiger partial charge in [0.05, 0.1) is 0 Å². The lowest BCUT2D eigenvalue weighted by Gasteiger charge is -1.91. The van der Waals surface area contributed by atoms with E-state index in [0.717, 1.165) is 0 Å². The molecule has 0 atom stereocenters. The molecule has 0 N–H and O–H groups in total. The lowest BCUT2D eigenvalue weighted by Crippen LogP contribution is -2.17. The summed E-state index contributed by atoms with van der Waals surface area (Å²) in [7, 11) is 0. The second kappa shape index (κ2) is 2.34. The third-order valence-electron chi connectivity index (χ3n) is 0.119. The standard InChI is InChI=1S/CClF3O2/c3-1(4,5)7-2-6. The third-order valence-corrected chi connectivity index (χ3v) is 0.357. The molecule has 0 heterocycles. The van der Waals surface area contributed by atoms with Crippen LogP contribution in [-0.4, -0.2) is 6.36 Å². The molecular formula is CClF3O2. The molecule has 44 valence electrons. The predicted octanol–water partition coefficient (Wildman–Crippen LogP) is -0.202. The minimum atomic E-state index is -4.82. The Morgan fingerprint density at radius 3 is 1.86 bits per heavy atom. The van der Waals surface area contributed by atoms with Gasteiger partial charge in [-0.05, 0) is 0 Å². The van der Waals surface area contributed by atoms with E-state index in [-0.39, 0.29) is 0 Å². The van der Waals surface area contributed by atoms with Crippen LogP contribution in [-0.2, 0) is 4.29 Å². The van der Waals surface area contributed by atoms with Gasteiger partial charge in [-0.3, -0.25) is 0 Å². The highest BCUT2D eigenvalue weighted by Gasteiger charge is 2.36. The highest BCUT2D eigenvalue weighted by atomic mass is 35.6. The Labute approximate surface area is 40.9 Å². The zero-order valence-corrected chi connectivity index (χ0v) is 3.58. The van der Waals surface area contributed by atoms with Gasteiger partial charge in [-0.2, -0.15) is 0 Å². The monoisotopic (exact) mass is 136 g/mol. The molecule has 0 bridgehead atoms. The number of halogens is 4. The normalized spacial score (nSPS) is 12.0. The van der Waals surface area contributed by atoms with Crippen molar-refractivity contribution in [2.24, 2.45) is 0 Å². The first-order valence-corrected chi connectivity index (χ1v) is 1.70. The lowest BCUT2D eigenvalue weighted by atomic mass is 11.4. The summed E-state index contributed by atoms with van der Waals surface area (Å²) in [6.07, 6.45) is -4.82. The van der Waals surface area contributed by atoms with Crippen molar-refractivity contribution in [3.63, 3.8) is 0 Å². The first kappa shape index (κ1) is 7.00. The Balaban J connectivity index is 3.15. The van der Waals surface area contributed by atoms with Crippen LogP contribution in [0.15, 0.2) is 0 Å². The summed E-state index contributed by atoms with van der Waals surface area (Å²) in [4.78, 5) is 0. The van der Waals surface area contributed by atoms with Crippen LogP contribution >= 0.6 is 0 Å². The van der Waals surface area contributed by atoms with Crippen LogP contribution in [0.3, 0.4) is 0 Å². The van der Waals surface area contributed by atoms with Crippen LogP contribution in [0.25, 0.3) is 0 Å². The highest BCUT2D eigenvalue weighted by Crippen LogP contribution is 2.14. The summed E-state index contributed by atoms with van der Waals surface area (Å²) >= 11 is -0.567. The van der Waals surface area contributed by atoms with E-state index in [9.17, 15) is 13.2 Å². The van der Waals surface area contributed by atoms with Crippen molar-refractivity contribution in [1.29, 1.82) is 0 Å². The Kier molecular flexibility index (Phi) is 2.34. The van der Waals surface area contributed by atoms with Crippen molar-refractivity contribution < 1.29 is 33.4 Å². The average Bonchev–Trinajstić information content (AvgIpc) is 1.30. The largest absolute Gasteiger partial charge is 0.575 e. The van der Waals surface area contributed by atoms with Crippen molar-refractivity contribution in [3.8, 4) is 0 Å². The fourth-order valence-electron chi connectivity index (χ4n) is 0.0357. The quantitative estimate of drug-likeness (QED) is 0.500. The zero-order chi connectivity index (χ0) is 5.91. The summed E-state index contributed by atoms with van der Waals surface area (Å²) in [5.41, 5.74) is 0. The van der Waals surface area contributed by atoms with Crippen molar-refractivity contribution >= 4 is 0 Å². The molecule has 0 radical (unpaired) electrons. The van der Waals surface area contributed by atoms with E-state index in [1.165, 1.54) is 0 Å². The molecule has 0 aliphatic rings. The van der Waals surface area contributed by atoms with Crippen LogP contribution < -0.4 is 4.66 Å². The topological polar surface area (TPSA) is 32.3 Å². The van der Waals surface area contributed by atoms with Gasteiger partial charge in [0.2, 0.25) is 0 Å². The molecule has 0 aliphatic heterocycles. The van der Waals surface area contributed by atoms with Gasteiger partial charge in [0.1, 0.15) is 0 Å². The number of rotatable bonds is 1. The summed E-state index contributed by atoms with van der Waals surface area (Å²) in [6.45, 7) is 0. The molecule has 7 heavy (non-hydrogen) atoms. The van der Waals surface area contributed by atoms with E-state index in [0.29, 0.717) is 0 Å². The minimum Gasteiger partial charge on any atom is -0.506 e. The molecule has 0 unspecified atom stereocenters. The predicted molar refractivity (Wildman–Crippen MR) is 7.14 cm³/mol. The molecule has 0 aromatic heterocycles. The Bertz CT molecular complexity index is 51.4. The molecule has 0 spiro atoms. The lowest BCUT2D eigenvalue weighted by molar-refractivity contribution is -1.28. The van der Waals surface area contributed by atoms with Crippen LogP contribution in [0.2, 0.25) is 0 Å². The van der Waals surface area contributed by atoms with E-state index in [2.05, 4.69) is 4.29 Å². The van der Waals surface area contributed by atoms with Gasteiger partial charge in [-0.25, -0.2) is 0 Å². The molecule has 0 aromatic carbocycles. The van der Waals surface area contributed by atoms with Gasteiger partial charge in [0, 0.05) is 4.29 Å². The molecule has 0 saturated heterocycles. The second-order valence-electron chi connectivity index (χ2n) is 0.586. The second-order valence-corrected chi connectivity index (χ2v) is 0.866. The van der Waals surface area contributed by atoms with Gasteiger partial charge < -0.3 is 4.66 Å². The number of hydrogen-bond acceptors (Lipinski definition) is 2. The van der Waals surface area contributed by atoms with Crippen molar-refractivity contribution in [2.75, 3.05) is 0 Å². The molecule has 2 nitrogen and oxygen atoms in total. The summed E-state index contributed by atoms with van der Waals surface area (Å²) in [6, 6.07) is 0. The minimum absolute atomic E-state index is 0.567. The van der Waals surface area contributed by atoms with Crippen molar-refractivity contribution in [2.45, 2.75) is 6.36 Å². The van der Waals surface area contributed by atoms with Gasteiger partial charge >= 0.3 is 17.7 Å². The number of alkyl halides is 3. The summed E-state index contributed by atoms with van der Waals surface area (Å²) in [5, 5.41) is 0. The Hall–Kier alpha value is -0.0000000000000000555. The van der Waals surface area contributed by atoms with Crippen LogP contribution in [0.5, 0.6) is 0 Å². The van der Waals surface area contributed by atoms with Crippen LogP contribution in [0.4, 0.5) is 13.2 Å². The van der Waals surface area contributed by atoms with Gasteiger partial charge in [0.15, 0.2) is 0 Å². The Morgan fingerprint density at radius 2 is 1.86 bits per heavy atom. The first-order valence-electron chi connectivity index (χ1n) is 1.08. The molecule has 0 saturated carbocycles. The van der Waals surface area contributed by atoms with Gasteiger partial charge in [-0.1, -0.05) is 0 Å². The molecule has 0 fully saturated rings. The maximum absolute atomic E-state index is 10.6.